The van der Waals surface area contributed by atoms with Gasteiger partial charge in [0.2, 0.25) is 5.91 Å². The van der Waals surface area contributed by atoms with E-state index in [4.69, 9.17) is 0 Å². The minimum atomic E-state index is 0.00230. The van der Waals surface area contributed by atoms with Crippen LogP contribution in [0.3, 0.4) is 0 Å². The quantitative estimate of drug-likeness (QED) is 0.879. The maximum absolute atomic E-state index is 12.5. The topological polar surface area (TPSA) is 61.4 Å². The average Bonchev–Trinajstić information content (AvgIpc) is 2.86. The van der Waals surface area contributed by atoms with E-state index in [9.17, 15) is 9.59 Å². The molecule has 2 aliphatic rings. The van der Waals surface area contributed by atoms with E-state index < -0.39 is 0 Å². The van der Waals surface area contributed by atoms with Crippen LogP contribution < -0.4 is 10.6 Å². The third-order valence-electron chi connectivity index (χ3n) is 4.38. The van der Waals surface area contributed by atoms with Crippen molar-refractivity contribution in [2.75, 3.05) is 32.0 Å². The smallest absolute Gasteiger partial charge is 0.253 e. The van der Waals surface area contributed by atoms with Crippen molar-refractivity contribution in [1.29, 1.82) is 0 Å². The van der Waals surface area contributed by atoms with Crippen molar-refractivity contribution in [3.8, 4) is 0 Å². The number of hydrogen-bond donors (Lipinski definition) is 2. The summed E-state index contributed by atoms with van der Waals surface area (Å²) in [6.07, 6.45) is 2.52. The van der Waals surface area contributed by atoms with Gasteiger partial charge in [0, 0.05) is 24.3 Å². The Balaban J connectivity index is 1.67. The van der Waals surface area contributed by atoms with E-state index in [0.29, 0.717) is 17.9 Å². The lowest BCUT2D eigenvalue weighted by atomic mass is 9.96. The fourth-order valence-electron chi connectivity index (χ4n) is 3.16. The van der Waals surface area contributed by atoms with Gasteiger partial charge in [-0.05, 0) is 50.0 Å². The summed E-state index contributed by atoms with van der Waals surface area (Å²) in [5.74, 6) is 0.739. The Morgan fingerprint density at radius 3 is 2.86 bits per heavy atom. The molecule has 2 heterocycles. The average molecular weight is 287 g/mol. The van der Waals surface area contributed by atoms with E-state index in [1.54, 1.807) is 0 Å². The molecule has 0 atom stereocenters. The minimum Gasteiger partial charge on any atom is -0.339 e. The first-order valence-corrected chi connectivity index (χ1v) is 7.54. The second-order valence-corrected chi connectivity index (χ2v) is 5.89. The van der Waals surface area contributed by atoms with Crippen molar-refractivity contribution in [1.82, 2.24) is 10.2 Å². The van der Waals surface area contributed by atoms with Gasteiger partial charge in [-0.2, -0.15) is 0 Å². The molecule has 0 aliphatic carbocycles. The van der Waals surface area contributed by atoms with Crippen molar-refractivity contribution in [3.63, 3.8) is 0 Å². The summed E-state index contributed by atoms with van der Waals surface area (Å²) in [6.45, 7) is 2.65. The van der Waals surface area contributed by atoms with Gasteiger partial charge in [0.05, 0.1) is 6.42 Å². The van der Waals surface area contributed by atoms with Crippen LogP contribution in [0.4, 0.5) is 5.69 Å². The Labute approximate surface area is 124 Å². The van der Waals surface area contributed by atoms with Crippen molar-refractivity contribution in [2.45, 2.75) is 19.3 Å². The Hall–Kier alpha value is -1.88. The Morgan fingerprint density at radius 2 is 2.14 bits per heavy atom. The number of likely N-dealkylation sites (tertiary alicyclic amines) is 1. The first kappa shape index (κ1) is 14.1. The van der Waals surface area contributed by atoms with Crippen LogP contribution in [-0.2, 0) is 11.2 Å². The van der Waals surface area contributed by atoms with Gasteiger partial charge in [-0.1, -0.05) is 6.07 Å². The molecule has 0 radical (unpaired) electrons. The summed E-state index contributed by atoms with van der Waals surface area (Å²) in [7, 11) is 1.97. The third-order valence-corrected chi connectivity index (χ3v) is 4.38. The summed E-state index contributed by atoms with van der Waals surface area (Å²) in [5.41, 5.74) is 2.43. The van der Waals surface area contributed by atoms with Crippen LogP contribution in [0, 0.1) is 5.92 Å². The third kappa shape index (κ3) is 2.93. The lowest BCUT2D eigenvalue weighted by Gasteiger charge is -2.32. The zero-order chi connectivity index (χ0) is 14.8. The van der Waals surface area contributed by atoms with Crippen molar-refractivity contribution < 1.29 is 9.59 Å². The van der Waals surface area contributed by atoms with E-state index in [0.717, 1.165) is 43.7 Å². The normalized spacial score (nSPS) is 18.5. The van der Waals surface area contributed by atoms with Gasteiger partial charge >= 0.3 is 0 Å². The molecule has 0 spiro atoms. The first-order chi connectivity index (χ1) is 10.2. The van der Waals surface area contributed by atoms with Gasteiger partial charge in [0.15, 0.2) is 0 Å². The summed E-state index contributed by atoms with van der Waals surface area (Å²) in [5, 5.41) is 6.00. The van der Waals surface area contributed by atoms with Gasteiger partial charge in [-0.3, -0.25) is 9.59 Å². The number of carbonyl (C=O) groups is 2. The zero-order valence-corrected chi connectivity index (χ0v) is 12.3. The van der Waals surface area contributed by atoms with Crippen LogP contribution in [-0.4, -0.2) is 43.4 Å². The van der Waals surface area contributed by atoms with Gasteiger partial charge in [-0.15, -0.1) is 0 Å². The predicted molar refractivity (Wildman–Crippen MR) is 81.3 cm³/mol. The van der Waals surface area contributed by atoms with E-state index in [1.807, 2.05) is 30.1 Å². The molecule has 5 nitrogen and oxygen atoms in total. The Bertz CT molecular complexity index is 563. The number of fused-ring (bicyclic) bond motifs is 1. The molecule has 5 heteroatoms. The molecule has 2 aliphatic heterocycles. The van der Waals surface area contributed by atoms with Crippen LogP contribution in [0.15, 0.2) is 18.2 Å². The van der Waals surface area contributed by atoms with E-state index in [-0.39, 0.29) is 11.8 Å². The number of rotatable bonds is 3. The fraction of sp³-hybridized carbons (Fsp3) is 0.500. The molecule has 112 valence electrons. The van der Waals surface area contributed by atoms with E-state index in [2.05, 4.69) is 10.6 Å². The highest BCUT2D eigenvalue weighted by atomic mass is 16.2. The van der Waals surface area contributed by atoms with E-state index in [1.165, 1.54) is 0 Å². The summed E-state index contributed by atoms with van der Waals surface area (Å²) in [6, 6.07) is 5.53. The molecule has 2 N–H and O–H groups in total. The minimum absolute atomic E-state index is 0.00230. The lowest BCUT2D eigenvalue weighted by molar-refractivity contribution is -0.115. The number of piperidine rings is 1. The highest BCUT2D eigenvalue weighted by Crippen LogP contribution is 2.25. The van der Waals surface area contributed by atoms with Gasteiger partial charge in [0.25, 0.3) is 5.91 Å². The molecule has 1 aromatic carbocycles. The fourth-order valence-corrected chi connectivity index (χ4v) is 3.16. The van der Waals surface area contributed by atoms with Crippen LogP contribution in [0.2, 0.25) is 0 Å². The molecule has 0 saturated carbocycles. The highest BCUT2D eigenvalue weighted by molar-refractivity contribution is 6.02. The number of amides is 2. The Kier molecular flexibility index (Phi) is 3.92. The molecule has 3 rings (SSSR count). The monoisotopic (exact) mass is 287 g/mol. The van der Waals surface area contributed by atoms with Crippen LogP contribution in [0.1, 0.15) is 28.8 Å². The Morgan fingerprint density at radius 1 is 1.38 bits per heavy atom. The number of anilines is 1. The highest BCUT2D eigenvalue weighted by Gasteiger charge is 2.25. The zero-order valence-electron chi connectivity index (χ0n) is 12.3. The molecule has 0 unspecified atom stereocenters. The molecular weight excluding hydrogens is 266 g/mol. The lowest BCUT2D eigenvalue weighted by Crippen LogP contribution is -2.40. The summed E-state index contributed by atoms with van der Waals surface area (Å²) in [4.78, 5) is 25.8. The van der Waals surface area contributed by atoms with Gasteiger partial charge < -0.3 is 15.5 Å². The molecule has 0 bridgehead atoms. The van der Waals surface area contributed by atoms with Crippen LogP contribution in [0.25, 0.3) is 0 Å². The van der Waals surface area contributed by atoms with Gasteiger partial charge in [-0.25, -0.2) is 0 Å². The summed E-state index contributed by atoms with van der Waals surface area (Å²) >= 11 is 0. The number of nitrogens with one attached hydrogen (secondary N) is 2. The summed E-state index contributed by atoms with van der Waals surface area (Å²) < 4.78 is 0. The largest absolute Gasteiger partial charge is 0.339 e. The van der Waals surface area contributed by atoms with E-state index >= 15 is 0 Å². The maximum atomic E-state index is 12.5. The van der Waals surface area contributed by atoms with Crippen LogP contribution >= 0.6 is 0 Å². The number of hydrogen-bond acceptors (Lipinski definition) is 3. The molecule has 0 aromatic heterocycles. The van der Waals surface area contributed by atoms with Crippen molar-refractivity contribution >= 4 is 17.5 Å². The SMILES string of the molecule is CNCC1CCN(C(=O)c2ccc3c(c2)NC(=O)C3)CC1. The number of benzene rings is 1. The molecule has 2 amide bonds. The molecule has 21 heavy (non-hydrogen) atoms. The maximum Gasteiger partial charge on any atom is 0.253 e. The van der Waals surface area contributed by atoms with Crippen LogP contribution in [0.5, 0.6) is 0 Å². The number of carbonyl (C=O) groups excluding carboxylic acids is 2. The predicted octanol–water partition coefficient (Wildman–Crippen LogP) is 1.25. The standard InChI is InChI=1S/C16H21N3O2/c1-17-10-11-4-6-19(7-5-11)16(21)13-3-2-12-9-15(20)18-14(12)8-13/h2-3,8,11,17H,4-7,9-10H2,1H3,(H,18,20). The molecule has 1 fully saturated rings. The number of nitrogens with zero attached hydrogens (tertiary/aromatic N) is 1. The second kappa shape index (κ2) is 5.85. The molecule has 1 saturated heterocycles. The molecular formula is C16H21N3O2. The first-order valence-electron chi connectivity index (χ1n) is 7.54. The van der Waals surface area contributed by atoms with Gasteiger partial charge in [0.1, 0.15) is 0 Å². The molecule has 1 aromatic rings. The van der Waals surface area contributed by atoms with Crippen molar-refractivity contribution in [2.24, 2.45) is 5.92 Å². The van der Waals surface area contributed by atoms with Crippen molar-refractivity contribution in [3.05, 3.63) is 29.3 Å². The second-order valence-electron chi connectivity index (χ2n) is 5.89.